The first kappa shape index (κ1) is 9.17. The third-order valence-electron chi connectivity index (χ3n) is 5.22. The first-order valence-electron chi connectivity index (χ1n) is 6.05. The lowest BCUT2D eigenvalue weighted by Gasteiger charge is -2.61. The molecule has 2 unspecified atom stereocenters. The number of hydrogen-bond donors (Lipinski definition) is 2. The van der Waals surface area contributed by atoms with Gasteiger partial charge < -0.3 is 10.8 Å². The zero-order valence-corrected chi connectivity index (χ0v) is 8.95. The minimum atomic E-state index is -0.102. The van der Waals surface area contributed by atoms with Crippen molar-refractivity contribution in [3.63, 3.8) is 0 Å². The molecule has 0 aliphatic heterocycles. The predicted molar refractivity (Wildman–Crippen MR) is 55.6 cm³/mol. The molecule has 0 radical (unpaired) electrons. The SMILES string of the molecule is C[C@H](N)C12C[C@@H]3CC(C[C@@H](C3)C1)[C@@H]2O. The molecule has 0 aromatic carbocycles. The Morgan fingerprint density at radius 1 is 1.21 bits per heavy atom. The summed E-state index contributed by atoms with van der Waals surface area (Å²) in [5, 5.41) is 10.4. The molecule has 0 aromatic heterocycles. The van der Waals surface area contributed by atoms with Crippen molar-refractivity contribution in [2.75, 3.05) is 0 Å². The van der Waals surface area contributed by atoms with E-state index in [2.05, 4.69) is 6.92 Å². The highest BCUT2D eigenvalue weighted by Crippen LogP contribution is 2.60. The Bertz CT molecular complexity index is 237. The predicted octanol–water partition coefficient (Wildman–Crippen LogP) is 1.52. The molecular weight excluding hydrogens is 174 g/mol. The highest BCUT2D eigenvalue weighted by molar-refractivity contribution is 5.09. The van der Waals surface area contributed by atoms with Crippen molar-refractivity contribution in [2.24, 2.45) is 28.9 Å². The summed E-state index contributed by atoms with van der Waals surface area (Å²) in [6, 6.07) is 0.172. The Labute approximate surface area is 85.9 Å². The average molecular weight is 195 g/mol. The van der Waals surface area contributed by atoms with Crippen LogP contribution >= 0.6 is 0 Å². The van der Waals surface area contributed by atoms with E-state index in [9.17, 15) is 5.11 Å². The number of hydrogen-bond acceptors (Lipinski definition) is 2. The molecule has 0 spiro atoms. The van der Waals surface area contributed by atoms with E-state index in [1.165, 1.54) is 32.1 Å². The van der Waals surface area contributed by atoms with Gasteiger partial charge in [-0.05, 0) is 56.8 Å². The Kier molecular flexibility index (Phi) is 1.79. The third kappa shape index (κ3) is 0.989. The van der Waals surface area contributed by atoms with E-state index in [0.717, 1.165) is 11.8 Å². The van der Waals surface area contributed by atoms with Gasteiger partial charge in [0.05, 0.1) is 6.10 Å². The van der Waals surface area contributed by atoms with Crippen molar-refractivity contribution in [3.8, 4) is 0 Å². The standard InChI is InChI=1S/C12H21NO/c1-7(13)12-5-8-2-9(6-12)4-10(3-8)11(12)14/h7-11,14H,2-6,13H2,1H3/t7-,8-,9+,10?,11-,12?/m0/s1. The lowest BCUT2D eigenvalue weighted by atomic mass is 9.46. The maximum absolute atomic E-state index is 10.4. The molecule has 4 fully saturated rings. The first-order chi connectivity index (χ1) is 6.62. The molecular formula is C12H21NO. The lowest BCUT2D eigenvalue weighted by molar-refractivity contribution is -0.163. The quantitative estimate of drug-likeness (QED) is 0.666. The second kappa shape index (κ2) is 2.73. The van der Waals surface area contributed by atoms with Crippen LogP contribution in [0.25, 0.3) is 0 Å². The Hall–Kier alpha value is -0.0800. The van der Waals surface area contributed by atoms with Crippen LogP contribution in [0, 0.1) is 23.2 Å². The molecule has 3 N–H and O–H groups in total. The van der Waals surface area contributed by atoms with Gasteiger partial charge in [0.25, 0.3) is 0 Å². The molecule has 4 saturated carbocycles. The van der Waals surface area contributed by atoms with Gasteiger partial charge in [0, 0.05) is 11.5 Å². The molecule has 80 valence electrons. The minimum Gasteiger partial charge on any atom is -0.392 e. The fourth-order valence-electron chi connectivity index (χ4n) is 4.72. The van der Waals surface area contributed by atoms with Crippen LogP contribution in [-0.4, -0.2) is 17.3 Å². The zero-order valence-electron chi connectivity index (χ0n) is 8.95. The number of rotatable bonds is 1. The Balaban J connectivity index is 1.97. The van der Waals surface area contributed by atoms with Crippen molar-refractivity contribution < 1.29 is 5.11 Å². The van der Waals surface area contributed by atoms with Gasteiger partial charge in [-0.25, -0.2) is 0 Å². The van der Waals surface area contributed by atoms with Crippen molar-refractivity contribution in [1.29, 1.82) is 0 Å². The highest BCUT2D eigenvalue weighted by Gasteiger charge is 2.57. The van der Waals surface area contributed by atoms with Crippen LogP contribution in [0.1, 0.15) is 39.0 Å². The number of nitrogens with two attached hydrogens (primary N) is 1. The second-order valence-corrected chi connectivity index (χ2v) is 6.07. The van der Waals surface area contributed by atoms with Gasteiger partial charge >= 0.3 is 0 Å². The summed E-state index contributed by atoms with van der Waals surface area (Å²) in [6.07, 6.45) is 6.24. The Morgan fingerprint density at radius 2 is 1.79 bits per heavy atom. The molecule has 2 heteroatoms. The highest BCUT2D eigenvalue weighted by atomic mass is 16.3. The number of aliphatic hydroxyl groups excluding tert-OH is 1. The topological polar surface area (TPSA) is 46.2 Å². The van der Waals surface area contributed by atoms with Crippen molar-refractivity contribution in [1.82, 2.24) is 0 Å². The van der Waals surface area contributed by atoms with Crippen molar-refractivity contribution >= 4 is 0 Å². The van der Waals surface area contributed by atoms with Crippen LogP contribution < -0.4 is 5.73 Å². The van der Waals surface area contributed by atoms with Gasteiger partial charge in [0.2, 0.25) is 0 Å². The van der Waals surface area contributed by atoms with E-state index in [1.54, 1.807) is 0 Å². The summed E-state index contributed by atoms with van der Waals surface area (Å²) in [6.45, 7) is 2.09. The largest absolute Gasteiger partial charge is 0.392 e. The summed E-state index contributed by atoms with van der Waals surface area (Å²) in [5.41, 5.74) is 6.21. The van der Waals surface area contributed by atoms with Gasteiger partial charge in [-0.1, -0.05) is 0 Å². The van der Waals surface area contributed by atoms with E-state index in [1.807, 2.05) is 0 Å². The van der Waals surface area contributed by atoms with E-state index in [-0.39, 0.29) is 17.6 Å². The van der Waals surface area contributed by atoms with Crippen LogP contribution in [0.4, 0.5) is 0 Å². The van der Waals surface area contributed by atoms with Crippen LogP contribution in [0.3, 0.4) is 0 Å². The maximum Gasteiger partial charge on any atom is 0.0639 e. The third-order valence-corrected chi connectivity index (χ3v) is 5.22. The molecule has 4 bridgehead atoms. The molecule has 4 aliphatic carbocycles. The Morgan fingerprint density at radius 3 is 2.29 bits per heavy atom. The summed E-state index contributed by atoms with van der Waals surface area (Å²) in [5.74, 6) is 2.33. The molecule has 4 aliphatic rings. The molecule has 2 nitrogen and oxygen atoms in total. The summed E-state index contributed by atoms with van der Waals surface area (Å²) in [4.78, 5) is 0. The van der Waals surface area contributed by atoms with Crippen molar-refractivity contribution in [2.45, 2.75) is 51.2 Å². The van der Waals surface area contributed by atoms with Gasteiger partial charge in [-0.2, -0.15) is 0 Å². The van der Waals surface area contributed by atoms with E-state index < -0.39 is 0 Å². The molecule has 14 heavy (non-hydrogen) atoms. The van der Waals surface area contributed by atoms with Crippen LogP contribution in [-0.2, 0) is 0 Å². The molecule has 6 atom stereocenters. The molecule has 0 aromatic rings. The maximum atomic E-state index is 10.4. The fraction of sp³-hybridized carbons (Fsp3) is 1.00. The summed E-state index contributed by atoms with van der Waals surface area (Å²) >= 11 is 0. The van der Waals surface area contributed by atoms with E-state index >= 15 is 0 Å². The van der Waals surface area contributed by atoms with E-state index in [0.29, 0.717) is 5.92 Å². The van der Waals surface area contributed by atoms with Crippen LogP contribution in [0.15, 0.2) is 0 Å². The van der Waals surface area contributed by atoms with Crippen molar-refractivity contribution in [3.05, 3.63) is 0 Å². The second-order valence-electron chi connectivity index (χ2n) is 6.07. The first-order valence-corrected chi connectivity index (χ1v) is 6.05. The normalized spacial score (nSPS) is 57.6. The molecule has 0 saturated heterocycles. The van der Waals surface area contributed by atoms with Gasteiger partial charge in [-0.3, -0.25) is 0 Å². The molecule has 4 rings (SSSR count). The van der Waals surface area contributed by atoms with Crippen LogP contribution in [0.5, 0.6) is 0 Å². The van der Waals surface area contributed by atoms with Gasteiger partial charge in [0.1, 0.15) is 0 Å². The molecule has 0 heterocycles. The van der Waals surface area contributed by atoms with E-state index in [4.69, 9.17) is 5.73 Å². The fourth-order valence-corrected chi connectivity index (χ4v) is 4.72. The van der Waals surface area contributed by atoms with Gasteiger partial charge in [0.15, 0.2) is 0 Å². The smallest absolute Gasteiger partial charge is 0.0639 e. The zero-order chi connectivity index (χ0) is 9.92. The monoisotopic (exact) mass is 195 g/mol. The molecule has 0 amide bonds. The number of aliphatic hydroxyl groups is 1. The van der Waals surface area contributed by atoms with Gasteiger partial charge in [-0.15, -0.1) is 0 Å². The van der Waals surface area contributed by atoms with Crippen LogP contribution in [0.2, 0.25) is 0 Å². The minimum absolute atomic E-state index is 0.0920. The summed E-state index contributed by atoms with van der Waals surface area (Å²) in [7, 11) is 0. The average Bonchev–Trinajstić information content (AvgIpc) is 2.12. The summed E-state index contributed by atoms with van der Waals surface area (Å²) < 4.78 is 0. The lowest BCUT2D eigenvalue weighted by Crippen LogP contribution is -2.61.